The van der Waals surface area contributed by atoms with Crippen LogP contribution in [0.5, 0.6) is 0 Å². The van der Waals surface area contributed by atoms with Crippen molar-refractivity contribution >= 4 is 27.5 Å². The molecule has 0 radical (unpaired) electrons. The van der Waals surface area contributed by atoms with Gasteiger partial charge in [0, 0.05) is 31.6 Å². The summed E-state index contributed by atoms with van der Waals surface area (Å²) in [4.78, 5) is 27.5. The normalized spacial score (nSPS) is 14.5. The molecule has 1 unspecified atom stereocenters. The highest BCUT2D eigenvalue weighted by atomic mass is 32.2. The summed E-state index contributed by atoms with van der Waals surface area (Å²) in [6, 6.07) is 16.0. The number of hydrogen-bond donors (Lipinski definition) is 2. The van der Waals surface area contributed by atoms with Gasteiger partial charge in [-0.2, -0.15) is 0 Å². The first kappa shape index (κ1) is 24.6. The van der Waals surface area contributed by atoms with Crippen LogP contribution in [0.1, 0.15) is 30.4 Å². The number of carbonyl (C=O) groups is 2. The summed E-state index contributed by atoms with van der Waals surface area (Å²) in [6.45, 7) is 2.30. The molecule has 8 nitrogen and oxygen atoms in total. The Balaban J connectivity index is 1.61. The number of anilines is 1. The van der Waals surface area contributed by atoms with E-state index in [1.165, 1.54) is 0 Å². The second-order valence-corrected chi connectivity index (χ2v) is 10.5. The number of amides is 2. The third-order valence-corrected chi connectivity index (χ3v) is 6.47. The van der Waals surface area contributed by atoms with E-state index in [2.05, 4.69) is 15.5 Å². The molecular weight excluding hydrogens is 442 g/mol. The monoisotopic (exact) mass is 473 g/mol. The van der Waals surface area contributed by atoms with Crippen molar-refractivity contribution in [3.63, 3.8) is 0 Å². The van der Waals surface area contributed by atoms with Crippen LogP contribution in [0.2, 0.25) is 0 Å². The maximum absolute atomic E-state index is 12.9. The van der Waals surface area contributed by atoms with Crippen molar-refractivity contribution in [3.8, 4) is 0 Å². The zero-order valence-electron chi connectivity index (χ0n) is 18.8. The molecular formula is C24H31N3O5S. The fourth-order valence-electron chi connectivity index (χ4n) is 3.74. The Bertz CT molecular complexity index is 1040. The largest absolute Gasteiger partial charge is 0.445 e. The second kappa shape index (κ2) is 11.7. The van der Waals surface area contributed by atoms with Crippen LogP contribution >= 0.6 is 0 Å². The third-order valence-electron chi connectivity index (χ3n) is 5.49. The minimum Gasteiger partial charge on any atom is -0.445 e. The van der Waals surface area contributed by atoms with Gasteiger partial charge in [-0.3, -0.25) is 4.79 Å². The smallest absolute Gasteiger partial charge is 0.408 e. The first-order valence-electron chi connectivity index (χ1n) is 11.1. The highest BCUT2D eigenvalue weighted by Crippen LogP contribution is 2.24. The van der Waals surface area contributed by atoms with Gasteiger partial charge < -0.3 is 20.3 Å². The molecule has 2 amide bonds. The van der Waals surface area contributed by atoms with Crippen LogP contribution in [-0.2, 0) is 32.5 Å². The second-order valence-electron chi connectivity index (χ2n) is 8.22. The zero-order chi connectivity index (χ0) is 23.7. The van der Waals surface area contributed by atoms with E-state index in [0.717, 1.165) is 49.0 Å². The van der Waals surface area contributed by atoms with Crippen molar-refractivity contribution < 1.29 is 22.7 Å². The molecule has 0 aliphatic carbocycles. The summed E-state index contributed by atoms with van der Waals surface area (Å²) in [7, 11) is -3.31. The molecule has 1 fully saturated rings. The lowest BCUT2D eigenvalue weighted by atomic mass is 10.1. The van der Waals surface area contributed by atoms with Gasteiger partial charge in [-0.05, 0) is 36.5 Å². The summed E-state index contributed by atoms with van der Waals surface area (Å²) < 4.78 is 28.5. The maximum Gasteiger partial charge on any atom is 0.408 e. The fraction of sp³-hybridized carbons (Fsp3) is 0.417. The van der Waals surface area contributed by atoms with Crippen LogP contribution in [-0.4, -0.2) is 51.6 Å². The Hall–Kier alpha value is -3.07. The lowest BCUT2D eigenvalue weighted by Gasteiger charge is -2.22. The van der Waals surface area contributed by atoms with Crippen molar-refractivity contribution in [1.82, 2.24) is 10.6 Å². The molecule has 3 rings (SSSR count). The van der Waals surface area contributed by atoms with Gasteiger partial charge in [-0.15, -0.1) is 0 Å². The molecule has 0 spiro atoms. The average molecular weight is 474 g/mol. The Morgan fingerprint density at radius 3 is 2.39 bits per heavy atom. The van der Waals surface area contributed by atoms with Crippen molar-refractivity contribution in [1.29, 1.82) is 0 Å². The number of rotatable bonds is 10. The van der Waals surface area contributed by atoms with Gasteiger partial charge in [0.05, 0.1) is 5.75 Å². The SMILES string of the molecule is CS(=O)(=O)CCC(NC(=O)OCc1ccccc1)C(=O)NCc1ccccc1N1CCCC1. The van der Waals surface area contributed by atoms with Crippen LogP contribution in [0, 0.1) is 0 Å². The number of sulfone groups is 1. The lowest BCUT2D eigenvalue weighted by molar-refractivity contribution is -0.123. The van der Waals surface area contributed by atoms with E-state index in [0.29, 0.717) is 0 Å². The minimum absolute atomic E-state index is 0.0428. The molecule has 0 aromatic heterocycles. The van der Waals surface area contributed by atoms with Gasteiger partial charge >= 0.3 is 6.09 Å². The topological polar surface area (TPSA) is 105 Å². The van der Waals surface area contributed by atoms with E-state index < -0.39 is 27.9 Å². The molecule has 2 aromatic rings. The number of ether oxygens (including phenoxy) is 1. The van der Waals surface area contributed by atoms with Crippen LogP contribution < -0.4 is 15.5 Å². The molecule has 1 saturated heterocycles. The number of nitrogens with zero attached hydrogens (tertiary/aromatic N) is 1. The summed E-state index contributed by atoms with van der Waals surface area (Å²) >= 11 is 0. The van der Waals surface area contributed by atoms with Gasteiger partial charge in [0.2, 0.25) is 5.91 Å². The van der Waals surface area contributed by atoms with Crippen molar-refractivity contribution in [2.45, 2.75) is 38.5 Å². The highest BCUT2D eigenvalue weighted by Gasteiger charge is 2.24. The highest BCUT2D eigenvalue weighted by molar-refractivity contribution is 7.90. The number of para-hydroxylation sites is 1. The predicted molar refractivity (Wildman–Crippen MR) is 128 cm³/mol. The average Bonchev–Trinajstić information content (AvgIpc) is 3.34. The summed E-state index contributed by atoms with van der Waals surface area (Å²) in [5, 5.41) is 5.37. The van der Waals surface area contributed by atoms with Crippen molar-refractivity contribution in [2.24, 2.45) is 0 Å². The van der Waals surface area contributed by atoms with Gasteiger partial charge in [-0.25, -0.2) is 13.2 Å². The Kier molecular flexibility index (Phi) is 8.71. The molecule has 2 N–H and O–H groups in total. The van der Waals surface area contributed by atoms with E-state index in [4.69, 9.17) is 4.74 Å². The van der Waals surface area contributed by atoms with E-state index in [9.17, 15) is 18.0 Å². The van der Waals surface area contributed by atoms with Gasteiger partial charge in [0.15, 0.2) is 0 Å². The molecule has 2 aromatic carbocycles. The number of benzene rings is 2. The van der Waals surface area contributed by atoms with Crippen molar-refractivity contribution in [3.05, 3.63) is 65.7 Å². The van der Waals surface area contributed by atoms with Crippen LogP contribution in [0.3, 0.4) is 0 Å². The Morgan fingerprint density at radius 2 is 1.70 bits per heavy atom. The number of alkyl carbamates (subject to hydrolysis) is 1. The van der Waals surface area contributed by atoms with Gasteiger partial charge in [-0.1, -0.05) is 48.5 Å². The van der Waals surface area contributed by atoms with Crippen LogP contribution in [0.25, 0.3) is 0 Å². The molecule has 1 aliphatic heterocycles. The van der Waals surface area contributed by atoms with E-state index in [-0.39, 0.29) is 25.3 Å². The van der Waals surface area contributed by atoms with Gasteiger partial charge in [0.1, 0.15) is 22.5 Å². The molecule has 0 bridgehead atoms. The molecule has 9 heteroatoms. The van der Waals surface area contributed by atoms with Crippen molar-refractivity contribution in [2.75, 3.05) is 30.0 Å². The molecule has 1 heterocycles. The minimum atomic E-state index is -3.31. The first-order chi connectivity index (χ1) is 15.8. The quantitative estimate of drug-likeness (QED) is 0.550. The Labute approximate surface area is 195 Å². The fourth-order valence-corrected chi connectivity index (χ4v) is 4.40. The van der Waals surface area contributed by atoms with E-state index in [1.54, 1.807) is 0 Å². The summed E-state index contributed by atoms with van der Waals surface area (Å²) in [5.41, 5.74) is 2.86. The summed E-state index contributed by atoms with van der Waals surface area (Å²) in [6.07, 6.45) is 2.57. The summed E-state index contributed by atoms with van der Waals surface area (Å²) in [5.74, 6) is -0.680. The molecule has 178 valence electrons. The van der Waals surface area contributed by atoms with E-state index in [1.807, 2.05) is 54.6 Å². The van der Waals surface area contributed by atoms with E-state index >= 15 is 0 Å². The molecule has 0 saturated carbocycles. The predicted octanol–water partition coefficient (Wildman–Crippen LogP) is 2.63. The maximum atomic E-state index is 12.9. The number of carbonyl (C=O) groups excluding carboxylic acids is 2. The lowest BCUT2D eigenvalue weighted by Crippen LogP contribution is -2.47. The number of nitrogens with one attached hydrogen (secondary N) is 2. The van der Waals surface area contributed by atoms with Gasteiger partial charge in [0.25, 0.3) is 0 Å². The van der Waals surface area contributed by atoms with Crippen LogP contribution in [0.15, 0.2) is 54.6 Å². The molecule has 33 heavy (non-hydrogen) atoms. The Morgan fingerprint density at radius 1 is 1.03 bits per heavy atom. The first-order valence-corrected chi connectivity index (χ1v) is 13.1. The molecule has 1 atom stereocenters. The standard InChI is InChI=1S/C24H31N3O5S/c1-33(30,31)16-13-21(26-24(29)32-18-19-9-3-2-4-10-19)23(28)25-17-20-11-5-6-12-22(20)27-14-7-8-15-27/h2-6,9-12,21H,7-8,13-18H2,1H3,(H,25,28)(H,26,29). The third kappa shape index (κ3) is 8.09. The van der Waals surface area contributed by atoms with Crippen LogP contribution in [0.4, 0.5) is 10.5 Å². The molecule has 1 aliphatic rings. The number of hydrogen-bond acceptors (Lipinski definition) is 6. The zero-order valence-corrected chi connectivity index (χ0v) is 19.6.